The van der Waals surface area contributed by atoms with Gasteiger partial charge in [0, 0.05) is 0 Å². The number of rotatable bonds is 11. The summed E-state index contributed by atoms with van der Waals surface area (Å²) in [7, 11) is 0. The molecule has 0 unspecified atom stereocenters. The van der Waals surface area contributed by atoms with Gasteiger partial charge in [-0.25, -0.2) is 0 Å². The number of nitrogens with two attached hydrogens (primary N) is 1. The number of aryl methyl sites for hydroxylation is 1. The molecular weight excluding hydrogens is 278 g/mol. The summed E-state index contributed by atoms with van der Waals surface area (Å²) in [5.41, 5.74) is 5.63. The van der Waals surface area contributed by atoms with E-state index in [2.05, 4.69) is 6.92 Å². The van der Waals surface area contributed by atoms with Gasteiger partial charge in [0.1, 0.15) is 11.3 Å². The molecule has 124 valence electrons. The van der Waals surface area contributed by atoms with E-state index in [1.54, 1.807) is 6.92 Å². The van der Waals surface area contributed by atoms with E-state index in [0.717, 1.165) is 24.3 Å². The number of hydrogen-bond donors (Lipinski definition) is 2. The SMILES string of the molecule is CCCCCCCOc1ccc(CC[C@@](C)(N)C(=O)O)cc1. The Labute approximate surface area is 133 Å². The monoisotopic (exact) mass is 307 g/mol. The summed E-state index contributed by atoms with van der Waals surface area (Å²) in [6.07, 6.45) is 7.20. The maximum absolute atomic E-state index is 11.0. The summed E-state index contributed by atoms with van der Waals surface area (Å²) >= 11 is 0. The summed E-state index contributed by atoms with van der Waals surface area (Å²) in [5.74, 6) is -0.0940. The lowest BCUT2D eigenvalue weighted by Gasteiger charge is -2.18. The van der Waals surface area contributed by atoms with Gasteiger partial charge in [-0.2, -0.15) is 0 Å². The Bertz CT molecular complexity index is 440. The van der Waals surface area contributed by atoms with Crippen molar-refractivity contribution in [2.24, 2.45) is 5.73 Å². The largest absolute Gasteiger partial charge is 0.494 e. The first-order valence-electron chi connectivity index (χ1n) is 8.19. The Morgan fingerprint density at radius 1 is 1.18 bits per heavy atom. The lowest BCUT2D eigenvalue weighted by molar-refractivity contribution is -0.142. The molecule has 3 N–H and O–H groups in total. The van der Waals surface area contributed by atoms with Crippen molar-refractivity contribution in [3.63, 3.8) is 0 Å². The minimum atomic E-state index is -1.17. The minimum absolute atomic E-state index is 0.417. The molecule has 0 radical (unpaired) electrons. The van der Waals surface area contributed by atoms with Gasteiger partial charge in [0.05, 0.1) is 6.61 Å². The van der Waals surface area contributed by atoms with Crippen molar-refractivity contribution in [3.8, 4) is 5.75 Å². The highest BCUT2D eigenvalue weighted by Crippen LogP contribution is 2.17. The van der Waals surface area contributed by atoms with Gasteiger partial charge in [0.25, 0.3) is 0 Å². The van der Waals surface area contributed by atoms with E-state index in [-0.39, 0.29) is 0 Å². The van der Waals surface area contributed by atoms with Crippen LogP contribution in [0.15, 0.2) is 24.3 Å². The number of benzene rings is 1. The quantitative estimate of drug-likeness (QED) is 0.610. The van der Waals surface area contributed by atoms with Crippen LogP contribution in [0.5, 0.6) is 5.75 Å². The highest BCUT2D eigenvalue weighted by Gasteiger charge is 2.27. The number of unbranched alkanes of at least 4 members (excludes halogenated alkanes) is 4. The summed E-state index contributed by atoms with van der Waals surface area (Å²) in [5, 5.41) is 8.99. The van der Waals surface area contributed by atoms with Crippen molar-refractivity contribution in [3.05, 3.63) is 29.8 Å². The normalized spacial score (nSPS) is 13.6. The van der Waals surface area contributed by atoms with Crippen LogP contribution in [0, 0.1) is 0 Å². The topological polar surface area (TPSA) is 72.5 Å². The average molecular weight is 307 g/mol. The number of hydrogen-bond acceptors (Lipinski definition) is 3. The number of carboxylic acid groups (broad SMARTS) is 1. The average Bonchev–Trinajstić information content (AvgIpc) is 2.50. The maximum Gasteiger partial charge on any atom is 0.323 e. The summed E-state index contributed by atoms with van der Waals surface area (Å²) in [4.78, 5) is 11.0. The fourth-order valence-electron chi connectivity index (χ4n) is 2.16. The van der Waals surface area contributed by atoms with Crippen LogP contribution in [0.1, 0.15) is 57.9 Å². The zero-order valence-corrected chi connectivity index (χ0v) is 13.8. The first-order valence-corrected chi connectivity index (χ1v) is 8.19. The van der Waals surface area contributed by atoms with Crippen LogP contribution in [0.25, 0.3) is 0 Å². The Kier molecular flexibility index (Phi) is 7.96. The van der Waals surface area contributed by atoms with Crippen molar-refractivity contribution in [1.29, 1.82) is 0 Å². The fourth-order valence-corrected chi connectivity index (χ4v) is 2.16. The molecule has 22 heavy (non-hydrogen) atoms. The van der Waals surface area contributed by atoms with E-state index in [0.29, 0.717) is 12.8 Å². The lowest BCUT2D eigenvalue weighted by atomic mass is 9.94. The molecule has 0 fully saturated rings. The predicted molar refractivity (Wildman–Crippen MR) is 89.2 cm³/mol. The molecule has 0 saturated carbocycles. The first kappa shape index (κ1) is 18.5. The molecule has 0 aliphatic heterocycles. The molecule has 0 aliphatic rings. The number of carbonyl (C=O) groups is 1. The van der Waals surface area contributed by atoms with Crippen LogP contribution in [0.4, 0.5) is 0 Å². The molecule has 1 rings (SSSR count). The van der Waals surface area contributed by atoms with E-state index < -0.39 is 11.5 Å². The third kappa shape index (κ3) is 6.94. The second kappa shape index (κ2) is 9.46. The van der Waals surface area contributed by atoms with Crippen LogP contribution in [0.2, 0.25) is 0 Å². The van der Waals surface area contributed by atoms with Crippen molar-refractivity contribution < 1.29 is 14.6 Å². The molecule has 0 amide bonds. The van der Waals surface area contributed by atoms with Gasteiger partial charge in [0.2, 0.25) is 0 Å². The van der Waals surface area contributed by atoms with Gasteiger partial charge in [-0.1, -0.05) is 44.7 Å². The third-order valence-electron chi connectivity index (χ3n) is 3.86. The third-order valence-corrected chi connectivity index (χ3v) is 3.86. The second-order valence-electron chi connectivity index (χ2n) is 6.13. The lowest BCUT2D eigenvalue weighted by Crippen LogP contribution is -2.45. The molecule has 4 nitrogen and oxygen atoms in total. The molecule has 0 spiro atoms. The van der Waals surface area contributed by atoms with Crippen molar-refractivity contribution in [1.82, 2.24) is 0 Å². The van der Waals surface area contributed by atoms with Crippen molar-refractivity contribution >= 4 is 5.97 Å². The summed E-state index contributed by atoms with van der Waals surface area (Å²) in [6.45, 7) is 4.51. The Hall–Kier alpha value is -1.55. The Morgan fingerprint density at radius 3 is 2.41 bits per heavy atom. The second-order valence-corrected chi connectivity index (χ2v) is 6.13. The molecule has 1 aromatic rings. The standard InChI is InChI=1S/C18H29NO3/c1-3-4-5-6-7-14-22-16-10-8-15(9-11-16)12-13-18(2,19)17(20)21/h8-11H,3-7,12-14,19H2,1-2H3,(H,20,21)/t18-/m1/s1. The van der Waals surface area contributed by atoms with Gasteiger partial charge >= 0.3 is 5.97 Å². The van der Waals surface area contributed by atoms with Gasteiger partial charge in [-0.05, 0) is 43.9 Å². The van der Waals surface area contributed by atoms with E-state index in [9.17, 15) is 4.79 Å². The molecule has 1 aromatic carbocycles. The molecule has 1 atom stereocenters. The van der Waals surface area contributed by atoms with Gasteiger partial charge in [0.15, 0.2) is 0 Å². The predicted octanol–water partition coefficient (Wildman–Crippen LogP) is 3.77. The molecular formula is C18H29NO3. The summed E-state index contributed by atoms with van der Waals surface area (Å²) < 4.78 is 5.71. The van der Waals surface area contributed by atoms with E-state index >= 15 is 0 Å². The van der Waals surface area contributed by atoms with Crippen LogP contribution < -0.4 is 10.5 Å². The van der Waals surface area contributed by atoms with E-state index in [1.165, 1.54) is 25.7 Å². The molecule has 0 heterocycles. The zero-order valence-electron chi connectivity index (χ0n) is 13.8. The molecule has 0 bridgehead atoms. The number of aliphatic carboxylic acids is 1. The highest BCUT2D eigenvalue weighted by molar-refractivity contribution is 5.77. The van der Waals surface area contributed by atoms with Crippen LogP contribution in [-0.4, -0.2) is 23.2 Å². The molecule has 0 aromatic heterocycles. The van der Waals surface area contributed by atoms with Gasteiger partial charge in [-0.3, -0.25) is 4.79 Å². The van der Waals surface area contributed by atoms with Crippen LogP contribution >= 0.6 is 0 Å². The summed E-state index contributed by atoms with van der Waals surface area (Å²) in [6, 6.07) is 7.83. The number of ether oxygens (including phenoxy) is 1. The van der Waals surface area contributed by atoms with Crippen molar-refractivity contribution in [2.45, 2.75) is 64.3 Å². The van der Waals surface area contributed by atoms with E-state index in [1.807, 2.05) is 24.3 Å². The first-order chi connectivity index (χ1) is 10.5. The molecule has 4 heteroatoms. The molecule has 0 aliphatic carbocycles. The van der Waals surface area contributed by atoms with Crippen molar-refractivity contribution in [2.75, 3.05) is 6.61 Å². The highest BCUT2D eigenvalue weighted by atomic mass is 16.5. The smallest absolute Gasteiger partial charge is 0.323 e. The van der Waals surface area contributed by atoms with Gasteiger partial charge in [-0.15, -0.1) is 0 Å². The van der Waals surface area contributed by atoms with Crippen LogP contribution in [-0.2, 0) is 11.2 Å². The van der Waals surface area contributed by atoms with Crippen LogP contribution in [0.3, 0.4) is 0 Å². The fraction of sp³-hybridized carbons (Fsp3) is 0.611. The Morgan fingerprint density at radius 2 is 1.82 bits per heavy atom. The molecule has 0 saturated heterocycles. The minimum Gasteiger partial charge on any atom is -0.494 e. The zero-order chi connectivity index (χ0) is 16.4. The number of carboxylic acids is 1. The van der Waals surface area contributed by atoms with Gasteiger partial charge < -0.3 is 15.6 Å². The Balaban J connectivity index is 2.29. The maximum atomic E-state index is 11.0. The van der Waals surface area contributed by atoms with E-state index in [4.69, 9.17) is 15.6 Å².